The highest BCUT2D eigenvalue weighted by Gasteiger charge is 2.39. The van der Waals surface area contributed by atoms with E-state index in [0.717, 1.165) is 10.5 Å². The second-order valence-corrected chi connectivity index (χ2v) is 6.45. The lowest BCUT2D eigenvalue weighted by atomic mass is 10.2. The van der Waals surface area contributed by atoms with Gasteiger partial charge in [0.15, 0.2) is 0 Å². The largest absolute Gasteiger partial charge is 0.349 e. The molecule has 2 aromatic rings. The first-order valence-corrected chi connectivity index (χ1v) is 8.09. The summed E-state index contributed by atoms with van der Waals surface area (Å²) in [6.07, 6.45) is 0. The van der Waals surface area contributed by atoms with E-state index < -0.39 is 11.8 Å². The summed E-state index contributed by atoms with van der Waals surface area (Å²) < 4.78 is 0. The average molecular weight is 382 g/mol. The van der Waals surface area contributed by atoms with Gasteiger partial charge in [0.1, 0.15) is 10.7 Å². The molecular weight excluding hydrogens is 371 g/mol. The summed E-state index contributed by atoms with van der Waals surface area (Å²) in [5, 5.41) is 3.39. The smallest absolute Gasteiger partial charge is 0.283 e. The monoisotopic (exact) mass is 380 g/mol. The standard InChI is InChI=1S/C17H11Cl3N2O2/c1-9-4-2-3-5-13(9)21-15-14(20)16(23)22(17(15)24)12-7-10(18)6-11(19)8-12/h2-8,21H,1H3. The summed E-state index contributed by atoms with van der Waals surface area (Å²) in [5.41, 5.74) is 1.89. The zero-order valence-corrected chi connectivity index (χ0v) is 14.7. The van der Waals surface area contributed by atoms with Gasteiger partial charge in [-0.3, -0.25) is 9.59 Å². The van der Waals surface area contributed by atoms with E-state index in [1.807, 2.05) is 25.1 Å². The van der Waals surface area contributed by atoms with E-state index in [1.54, 1.807) is 6.07 Å². The SMILES string of the molecule is Cc1ccccc1NC1=C(Cl)C(=O)N(c2cc(Cl)cc(Cl)c2)C1=O. The second kappa shape index (κ2) is 6.48. The quantitative estimate of drug-likeness (QED) is 0.781. The molecule has 0 fully saturated rings. The molecule has 0 saturated heterocycles. The van der Waals surface area contributed by atoms with Crippen LogP contribution in [0.3, 0.4) is 0 Å². The Bertz CT molecular complexity index is 873. The minimum atomic E-state index is -0.629. The first-order chi connectivity index (χ1) is 11.4. The van der Waals surface area contributed by atoms with Gasteiger partial charge < -0.3 is 5.32 Å². The predicted octanol–water partition coefficient (Wildman–Crippen LogP) is 4.74. The number of hydrogen-bond acceptors (Lipinski definition) is 3. The Kier molecular flexibility index (Phi) is 4.54. The lowest BCUT2D eigenvalue weighted by molar-refractivity contribution is -0.120. The van der Waals surface area contributed by atoms with Crippen LogP contribution in [0.5, 0.6) is 0 Å². The third-order valence-electron chi connectivity index (χ3n) is 3.54. The molecule has 0 atom stereocenters. The topological polar surface area (TPSA) is 49.4 Å². The minimum absolute atomic E-state index is 0.0204. The van der Waals surface area contributed by atoms with Crippen molar-refractivity contribution in [3.8, 4) is 0 Å². The first kappa shape index (κ1) is 16.8. The number of aryl methyl sites for hydroxylation is 1. The summed E-state index contributed by atoms with van der Waals surface area (Å²) in [6.45, 7) is 1.88. The third-order valence-corrected chi connectivity index (χ3v) is 4.32. The number of amides is 2. The highest BCUT2D eigenvalue weighted by Crippen LogP contribution is 2.33. The summed E-state index contributed by atoms with van der Waals surface area (Å²) in [4.78, 5) is 26.0. The van der Waals surface area contributed by atoms with Gasteiger partial charge in [0.05, 0.1) is 5.69 Å². The summed E-state index contributed by atoms with van der Waals surface area (Å²) in [7, 11) is 0. The van der Waals surface area contributed by atoms with Crippen LogP contribution >= 0.6 is 34.8 Å². The van der Waals surface area contributed by atoms with Crippen molar-refractivity contribution < 1.29 is 9.59 Å². The molecule has 122 valence electrons. The van der Waals surface area contributed by atoms with Crippen LogP contribution in [0.15, 0.2) is 53.2 Å². The molecule has 0 unspecified atom stereocenters. The lowest BCUT2D eigenvalue weighted by Gasteiger charge is -2.16. The van der Waals surface area contributed by atoms with Crippen molar-refractivity contribution in [2.45, 2.75) is 6.92 Å². The van der Waals surface area contributed by atoms with Gasteiger partial charge in [-0.15, -0.1) is 0 Å². The molecule has 2 amide bonds. The molecular formula is C17H11Cl3N2O2. The predicted molar refractivity (Wildman–Crippen MR) is 96.6 cm³/mol. The minimum Gasteiger partial charge on any atom is -0.349 e. The van der Waals surface area contributed by atoms with E-state index in [1.165, 1.54) is 18.2 Å². The first-order valence-electron chi connectivity index (χ1n) is 6.96. The zero-order valence-electron chi connectivity index (χ0n) is 12.4. The molecule has 0 aliphatic carbocycles. The van der Waals surface area contributed by atoms with Gasteiger partial charge in [0.25, 0.3) is 11.8 Å². The van der Waals surface area contributed by atoms with E-state index in [4.69, 9.17) is 34.8 Å². The molecule has 0 spiro atoms. The highest BCUT2D eigenvalue weighted by molar-refractivity contribution is 6.53. The number of carbonyl (C=O) groups excluding carboxylic acids is 2. The van der Waals surface area contributed by atoms with Crippen LogP contribution < -0.4 is 10.2 Å². The number of para-hydroxylation sites is 1. The maximum atomic E-state index is 12.7. The zero-order chi connectivity index (χ0) is 17.4. The van der Waals surface area contributed by atoms with Crippen LogP contribution in [0.2, 0.25) is 10.0 Å². The van der Waals surface area contributed by atoms with Crippen LogP contribution in [0.4, 0.5) is 11.4 Å². The molecule has 24 heavy (non-hydrogen) atoms. The maximum absolute atomic E-state index is 12.7. The van der Waals surface area contributed by atoms with Gasteiger partial charge in [-0.2, -0.15) is 0 Å². The van der Waals surface area contributed by atoms with Crippen LogP contribution in [0.1, 0.15) is 5.56 Å². The fraction of sp³-hybridized carbons (Fsp3) is 0.0588. The lowest BCUT2D eigenvalue weighted by Crippen LogP contribution is -2.32. The summed E-state index contributed by atoms with van der Waals surface area (Å²) in [5.74, 6) is -1.19. The van der Waals surface area contributed by atoms with Crippen molar-refractivity contribution in [1.29, 1.82) is 0 Å². The van der Waals surface area contributed by atoms with Gasteiger partial charge in [-0.25, -0.2) is 4.90 Å². The number of carbonyl (C=O) groups is 2. The summed E-state index contributed by atoms with van der Waals surface area (Å²) in [6, 6.07) is 11.8. The van der Waals surface area contributed by atoms with Crippen LogP contribution in [-0.4, -0.2) is 11.8 Å². The summed E-state index contributed by atoms with van der Waals surface area (Å²) >= 11 is 18.0. The van der Waals surface area contributed by atoms with E-state index in [2.05, 4.69) is 5.32 Å². The van der Waals surface area contributed by atoms with E-state index in [-0.39, 0.29) is 16.4 Å². The average Bonchev–Trinajstić information content (AvgIpc) is 2.72. The van der Waals surface area contributed by atoms with Crippen molar-refractivity contribution in [3.05, 3.63) is 68.8 Å². The Morgan fingerprint density at radius 1 is 0.917 bits per heavy atom. The van der Waals surface area contributed by atoms with Crippen molar-refractivity contribution in [2.24, 2.45) is 0 Å². The third kappa shape index (κ3) is 3.00. The normalized spacial score (nSPS) is 14.6. The number of rotatable bonds is 3. The van der Waals surface area contributed by atoms with Crippen molar-refractivity contribution in [3.63, 3.8) is 0 Å². The van der Waals surface area contributed by atoms with Crippen molar-refractivity contribution in [2.75, 3.05) is 10.2 Å². The van der Waals surface area contributed by atoms with E-state index in [0.29, 0.717) is 15.7 Å². The number of halogens is 3. The maximum Gasteiger partial charge on any atom is 0.283 e. The van der Waals surface area contributed by atoms with Gasteiger partial charge in [-0.05, 0) is 36.8 Å². The van der Waals surface area contributed by atoms with Gasteiger partial charge in [-0.1, -0.05) is 53.0 Å². The number of nitrogens with one attached hydrogen (secondary N) is 1. The molecule has 1 aliphatic rings. The van der Waals surface area contributed by atoms with Gasteiger partial charge in [0, 0.05) is 15.7 Å². The fourth-order valence-electron chi connectivity index (χ4n) is 2.36. The molecule has 0 bridgehead atoms. The van der Waals surface area contributed by atoms with E-state index >= 15 is 0 Å². The van der Waals surface area contributed by atoms with Crippen LogP contribution in [-0.2, 0) is 9.59 Å². The molecule has 0 saturated carbocycles. The molecule has 1 N–H and O–H groups in total. The molecule has 1 heterocycles. The number of benzene rings is 2. The van der Waals surface area contributed by atoms with E-state index in [9.17, 15) is 9.59 Å². The number of imide groups is 1. The fourth-order valence-corrected chi connectivity index (χ4v) is 3.09. The Morgan fingerprint density at radius 2 is 1.54 bits per heavy atom. The molecule has 3 rings (SSSR count). The van der Waals surface area contributed by atoms with Crippen LogP contribution in [0.25, 0.3) is 0 Å². The van der Waals surface area contributed by atoms with Crippen molar-refractivity contribution >= 4 is 58.0 Å². The Morgan fingerprint density at radius 3 is 2.17 bits per heavy atom. The molecule has 4 nitrogen and oxygen atoms in total. The molecule has 7 heteroatoms. The highest BCUT2D eigenvalue weighted by atomic mass is 35.5. The Balaban J connectivity index is 1.97. The van der Waals surface area contributed by atoms with Crippen LogP contribution in [0, 0.1) is 6.92 Å². The molecule has 2 aromatic carbocycles. The Hall–Kier alpha value is -2.01. The number of anilines is 2. The van der Waals surface area contributed by atoms with Gasteiger partial charge in [0.2, 0.25) is 0 Å². The van der Waals surface area contributed by atoms with Gasteiger partial charge >= 0.3 is 0 Å². The Labute approximate surface area is 153 Å². The number of hydrogen-bond donors (Lipinski definition) is 1. The van der Waals surface area contributed by atoms with Crippen molar-refractivity contribution in [1.82, 2.24) is 0 Å². The number of nitrogens with zero attached hydrogens (tertiary/aromatic N) is 1. The molecule has 1 aliphatic heterocycles. The second-order valence-electron chi connectivity index (χ2n) is 5.20. The molecule has 0 radical (unpaired) electrons. The molecule has 0 aromatic heterocycles.